The van der Waals surface area contributed by atoms with Crippen molar-refractivity contribution >= 4 is 11.7 Å². The molecule has 1 amide bonds. The lowest BCUT2D eigenvalue weighted by atomic mass is 10.1. The van der Waals surface area contributed by atoms with Gasteiger partial charge < -0.3 is 5.32 Å². The van der Waals surface area contributed by atoms with Crippen LogP contribution in [-0.2, 0) is 11.3 Å². The maximum absolute atomic E-state index is 14.8. The van der Waals surface area contributed by atoms with E-state index in [1.165, 1.54) is 25.8 Å². The lowest BCUT2D eigenvalue weighted by Gasteiger charge is -2.16. The number of anilines is 1. The first-order chi connectivity index (χ1) is 14.4. The third-order valence-corrected chi connectivity index (χ3v) is 5.13. The van der Waals surface area contributed by atoms with Gasteiger partial charge in [-0.1, -0.05) is 6.07 Å². The second-order valence-electron chi connectivity index (χ2n) is 7.76. The molecule has 4 rings (SSSR count). The summed E-state index contributed by atoms with van der Waals surface area (Å²) in [5, 5.41) is 7.10. The van der Waals surface area contributed by atoms with Crippen molar-refractivity contribution in [2.24, 2.45) is 0 Å². The molecule has 0 unspecified atom stereocenters. The smallest absolute Gasteiger partial charge is 0.253 e. The number of halogens is 1. The highest BCUT2D eigenvalue weighted by molar-refractivity contribution is 5.88. The first-order valence-electron chi connectivity index (χ1n) is 10.1. The van der Waals surface area contributed by atoms with Crippen LogP contribution in [0.2, 0.25) is 0 Å². The zero-order chi connectivity index (χ0) is 21.3. The topological polar surface area (TPSA) is 75.9 Å². The zero-order valence-electron chi connectivity index (χ0n) is 17.4. The van der Waals surface area contributed by atoms with E-state index in [9.17, 15) is 9.18 Å². The monoisotopic (exact) mass is 408 g/mol. The van der Waals surface area contributed by atoms with E-state index in [0.29, 0.717) is 17.1 Å². The van der Waals surface area contributed by atoms with E-state index in [-0.39, 0.29) is 17.7 Å². The fourth-order valence-electron chi connectivity index (χ4n) is 3.81. The summed E-state index contributed by atoms with van der Waals surface area (Å²) in [4.78, 5) is 23.0. The molecule has 1 fully saturated rings. The number of benzene rings is 1. The summed E-state index contributed by atoms with van der Waals surface area (Å²) in [7, 11) is 0. The number of nitrogens with one attached hydrogen (secondary N) is 1. The van der Waals surface area contributed by atoms with Gasteiger partial charge in [0.2, 0.25) is 5.91 Å². The molecule has 156 valence electrons. The van der Waals surface area contributed by atoms with Crippen LogP contribution in [0.25, 0.3) is 17.2 Å². The first-order valence-corrected chi connectivity index (χ1v) is 10.1. The maximum atomic E-state index is 14.8. The van der Waals surface area contributed by atoms with Crippen molar-refractivity contribution in [3.05, 3.63) is 53.1 Å². The molecule has 0 bridgehead atoms. The van der Waals surface area contributed by atoms with Gasteiger partial charge in [-0.15, -0.1) is 0 Å². The highest BCUT2D eigenvalue weighted by Crippen LogP contribution is 2.26. The lowest BCUT2D eigenvalue weighted by Crippen LogP contribution is -2.18. The Labute approximate surface area is 175 Å². The van der Waals surface area contributed by atoms with Crippen molar-refractivity contribution in [1.82, 2.24) is 24.6 Å². The molecule has 0 aliphatic carbocycles. The van der Waals surface area contributed by atoms with Crippen molar-refractivity contribution in [3.8, 4) is 17.2 Å². The largest absolute Gasteiger partial charge is 0.311 e. The molecule has 0 spiro atoms. The third kappa shape index (κ3) is 4.38. The van der Waals surface area contributed by atoms with Crippen molar-refractivity contribution in [2.75, 3.05) is 18.4 Å². The average Bonchev–Trinajstić information content (AvgIpc) is 3.31. The van der Waals surface area contributed by atoms with E-state index in [1.54, 1.807) is 10.7 Å². The quantitative estimate of drug-likeness (QED) is 0.698. The fourth-order valence-corrected chi connectivity index (χ4v) is 3.81. The Kier molecular flexibility index (Phi) is 5.59. The van der Waals surface area contributed by atoms with Crippen molar-refractivity contribution in [1.29, 1.82) is 0 Å². The summed E-state index contributed by atoms with van der Waals surface area (Å²) in [5.74, 6) is -0.0419. The molecular formula is C22H25FN6O. The Morgan fingerprint density at radius 2 is 1.90 bits per heavy atom. The molecule has 1 aromatic carbocycles. The molecule has 8 heteroatoms. The number of nitrogens with zero attached hydrogens (tertiary/aromatic N) is 5. The summed E-state index contributed by atoms with van der Waals surface area (Å²) in [6.07, 6.45) is 2.40. The van der Waals surface area contributed by atoms with Crippen LogP contribution in [0.5, 0.6) is 0 Å². The van der Waals surface area contributed by atoms with Crippen LogP contribution in [0.15, 0.2) is 30.3 Å². The SMILES string of the molecule is CC(=O)Nc1cc(-c2cc(CN3CCCC3)ccc2F)nc(-n2nc(C)cc2C)n1. The Balaban J connectivity index is 1.78. The van der Waals surface area contributed by atoms with E-state index >= 15 is 0 Å². The molecule has 1 saturated heterocycles. The highest BCUT2D eigenvalue weighted by atomic mass is 19.1. The molecule has 1 aliphatic heterocycles. The lowest BCUT2D eigenvalue weighted by molar-refractivity contribution is -0.114. The Bertz CT molecular complexity index is 1090. The van der Waals surface area contributed by atoms with E-state index in [0.717, 1.165) is 36.6 Å². The predicted molar refractivity (Wildman–Crippen MR) is 113 cm³/mol. The Morgan fingerprint density at radius 1 is 1.13 bits per heavy atom. The van der Waals surface area contributed by atoms with Crippen LogP contribution < -0.4 is 5.32 Å². The van der Waals surface area contributed by atoms with Gasteiger partial charge in [-0.25, -0.2) is 14.1 Å². The zero-order valence-corrected chi connectivity index (χ0v) is 17.4. The highest BCUT2D eigenvalue weighted by Gasteiger charge is 2.17. The number of carbonyl (C=O) groups is 1. The van der Waals surface area contributed by atoms with Gasteiger partial charge in [0.05, 0.1) is 11.4 Å². The van der Waals surface area contributed by atoms with Gasteiger partial charge in [0.25, 0.3) is 5.95 Å². The second kappa shape index (κ2) is 8.31. The third-order valence-electron chi connectivity index (χ3n) is 5.13. The minimum atomic E-state index is -0.369. The second-order valence-corrected chi connectivity index (χ2v) is 7.76. The number of aryl methyl sites for hydroxylation is 2. The van der Waals surface area contributed by atoms with Crippen LogP contribution in [0, 0.1) is 19.7 Å². The molecule has 1 aliphatic rings. The van der Waals surface area contributed by atoms with Crippen LogP contribution in [0.4, 0.5) is 10.2 Å². The molecule has 3 heterocycles. The number of amides is 1. The fraction of sp³-hybridized carbons (Fsp3) is 0.364. The summed E-state index contributed by atoms with van der Waals surface area (Å²) in [6, 6.07) is 8.62. The molecule has 0 atom stereocenters. The number of aromatic nitrogens is 4. The summed E-state index contributed by atoms with van der Waals surface area (Å²) < 4.78 is 16.4. The van der Waals surface area contributed by atoms with Gasteiger partial charge in [0.15, 0.2) is 0 Å². The normalized spacial score (nSPS) is 14.3. The number of rotatable bonds is 5. The van der Waals surface area contributed by atoms with E-state index < -0.39 is 0 Å². The predicted octanol–water partition coefficient (Wildman–Crippen LogP) is 3.64. The first kappa shape index (κ1) is 20.2. The van der Waals surface area contributed by atoms with Gasteiger partial charge in [0, 0.05) is 30.8 Å². The molecule has 7 nitrogen and oxygen atoms in total. The van der Waals surface area contributed by atoms with E-state index in [1.807, 2.05) is 32.0 Å². The number of carbonyl (C=O) groups excluding carboxylic acids is 1. The maximum Gasteiger partial charge on any atom is 0.253 e. The van der Waals surface area contributed by atoms with Crippen LogP contribution in [0.3, 0.4) is 0 Å². The van der Waals surface area contributed by atoms with Gasteiger partial charge in [-0.2, -0.15) is 10.1 Å². The van der Waals surface area contributed by atoms with Crippen molar-refractivity contribution in [2.45, 2.75) is 40.2 Å². The standard InChI is InChI=1S/C22H25FN6O/c1-14-10-15(2)29(27-14)22-25-20(12-21(26-22)24-16(3)30)18-11-17(6-7-19(18)23)13-28-8-4-5-9-28/h6-7,10-12H,4-5,8-9,13H2,1-3H3,(H,24,25,26,30). The van der Waals surface area contributed by atoms with Crippen LogP contribution in [0.1, 0.15) is 36.7 Å². The summed E-state index contributed by atoms with van der Waals surface area (Å²) in [6.45, 7) is 8.09. The van der Waals surface area contributed by atoms with E-state index in [2.05, 4.69) is 25.3 Å². The van der Waals surface area contributed by atoms with Gasteiger partial charge in [-0.05, 0) is 63.5 Å². The Morgan fingerprint density at radius 3 is 2.57 bits per heavy atom. The Hall–Kier alpha value is -3.13. The summed E-state index contributed by atoms with van der Waals surface area (Å²) in [5.41, 5.74) is 3.48. The number of likely N-dealkylation sites (tertiary alicyclic amines) is 1. The minimum absolute atomic E-state index is 0.262. The van der Waals surface area contributed by atoms with Gasteiger partial charge in [-0.3, -0.25) is 9.69 Å². The number of hydrogen-bond donors (Lipinski definition) is 1. The minimum Gasteiger partial charge on any atom is -0.311 e. The average molecular weight is 408 g/mol. The van der Waals surface area contributed by atoms with Crippen LogP contribution >= 0.6 is 0 Å². The molecule has 3 aromatic rings. The van der Waals surface area contributed by atoms with Crippen molar-refractivity contribution in [3.63, 3.8) is 0 Å². The summed E-state index contributed by atoms with van der Waals surface area (Å²) >= 11 is 0. The van der Waals surface area contributed by atoms with Gasteiger partial charge >= 0.3 is 0 Å². The van der Waals surface area contributed by atoms with Crippen molar-refractivity contribution < 1.29 is 9.18 Å². The molecule has 1 N–H and O–H groups in total. The molecule has 0 radical (unpaired) electrons. The van der Waals surface area contributed by atoms with E-state index in [4.69, 9.17) is 0 Å². The van der Waals surface area contributed by atoms with Gasteiger partial charge in [0.1, 0.15) is 11.6 Å². The molecular weight excluding hydrogens is 383 g/mol. The molecule has 30 heavy (non-hydrogen) atoms. The van der Waals surface area contributed by atoms with Crippen LogP contribution in [-0.4, -0.2) is 43.6 Å². The molecule has 0 saturated carbocycles. The molecule has 2 aromatic heterocycles. The number of hydrogen-bond acceptors (Lipinski definition) is 5.